The summed E-state index contributed by atoms with van der Waals surface area (Å²) in [7, 11) is 0. The van der Waals surface area contributed by atoms with Crippen molar-refractivity contribution in [1.29, 1.82) is 0 Å². The average Bonchev–Trinajstić information content (AvgIpc) is 3.30. The predicted octanol–water partition coefficient (Wildman–Crippen LogP) is 6.15. The van der Waals surface area contributed by atoms with Crippen LogP contribution in [0.2, 0.25) is 0 Å². The number of benzene rings is 3. The van der Waals surface area contributed by atoms with Crippen LogP contribution in [-0.4, -0.2) is 20.7 Å². The van der Waals surface area contributed by atoms with Crippen molar-refractivity contribution in [3.8, 4) is 0 Å². The van der Waals surface area contributed by atoms with E-state index in [-0.39, 0.29) is 11.2 Å². The SMILES string of the molecule is CCC(Sc1nc2ccccc2o1)C(=O)n1c2ccccc2c2ccccc21. The van der Waals surface area contributed by atoms with Crippen LogP contribution in [0.4, 0.5) is 0 Å². The molecule has 0 saturated carbocycles. The summed E-state index contributed by atoms with van der Waals surface area (Å²) in [5, 5.41) is 2.43. The van der Waals surface area contributed by atoms with E-state index in [1.807, 2.05) is 72.2 Å². The van der Waals surface area contributed by atoms with Gasteiger partial charge in [-0.05, 0) is 30.7 Å². The number of nitrogens with zero attached hydrogens (tertiary/aromatic N) is 2. The number of carbonyl (C=O) groups is 1. The van der Waals surface area contributed by atoms with Crippen LogP contribution < -0.4 is 0 Å². The van der Waals surface area contributed by atoms with Crippen LogP contribution in [0.15, 0.2) is 82.4 Å². The van der Waals surface area contributed by atoms with E-state index in [1.165, 1.54) is 11.8 Å². The second-order valence-corrected chi connectivity index (χ2v) is 7.82. The molecule has 0 fully saturated rings. The molecule has 0 amide bonds. The number of fused-ring (bicyclic) bond motifs is 4. The molecule has 0 N–H and O–H groups in total. The van der Waals surface area contributed by atoms with E-state index in [1.54, 1.807) is 0 Å². The normalized spacial score (nSPS) is 12.8. The summed E-state index contributed by atoms with van der Waals surface area (Å²) in [6, 6.07) is 23.8. The molecular weight excluding hydrogens is 368 g/mol. The molecule has 0 radical (unpaired) electrons. The second kappa shape index (κ2) is 6.84. The van der Waals surface area contributed by atoms with E-state index in [9.17, 15) is 4.79 Å². The van der Waals surface area contributed by atoms with Crippen molar-refractivity contribution in [3.63, 3.8) is 0 Å². The van der Waals surface area contributed by atoms with Gasteiger partial charge in [0.05, 0.1) is 16.3 Å². The van der Waals surface area contributed by atoms with Gasteiger partial charge in [0.25, 0.3) is 5.22 Å². The lowest BCUT2D eigenvalue weighted by atomic mass is 10.2. The van der Waals surface area contributed by atoms with Crippen LogP contribution in [0.1, 0.15) is 18.1 Å². The Hall–Kier alpha value is -3.05. The lowest BCUT2D eigenvalue weighted by Crippen LogP contribution is -2.23. The maximum absolute atomic E-state index is 13.6. The first-order valence-corrected chi connectivity index (χ1v) is 10.2. The third-order valence-corrected chi connectivity index (χ3v) is 6.16. The first kappa shape index (κ1) is 17.1. The summed E-state index contributed by atoms with van der Waals surface area (Å²) < 4.78 is 7.67. The van der Waals surface area contributed by atoms with Gasteiger partial charge in [-0.3, -0.25) is 9.36 Å². The molecule has 3 aromatic carbocycles. The number of hydrogen-bond acceptors (Lipinski definition) is 4. The van der Waals surface area contributed by atoms with E-state index >= 15 is 0 Å². The number of aromatic nitrogens is 2. The van der Waals surface area contributed by atoms with Gasteiger partial charge >= 0.3 is 0 Å². The Kier molecular flexibility index (Phi) is 4.17. The Morgan fingerprint density at radius 2 is 1.57 bits per heavy atom. The van der Waals surface area contributed by atoms with Gasteiger partial charge in [0.2, 0.25) is 5.91 Å². The fraction of sp³-hybridized carbons (Fsp3) is 0.130. The molecule has 0 spiro atoms. The molecule has 0 aliphatic rings. The fourth-order valence-corrected chi connectivity index (χ4v) is 4.54. The molecule has 28 heavy (non-hydrogen) atoms. The summed E-state index contributed by atoms with van der Waals surface area (Å²) in [4.78, 5) is 18.1. The molecule has 0 bridgehead atoms. The molecule has 1 atom stereocenters. The lowest BCUT2D eigenvalue weighted by molar-refractivity contribution is 0.0918. The van der Waals surface area contributed by atoms with Crippen LogP contribution in [-0.2, 0) is 0 Å². The molecule has 5 heteroatoms. The van der Waals surface area contributed by atoms with Crippen molar-refractivity contribution in [1.82, 2.24) is 9.55 Å². The smallest absolute Gasteiger partial charge is 0.257 e. The Morgan fingerprint density at radius 1 is 0.964 bits per heavy atom. The highest BCUT2D eigenvalue weighted by molar-refractivity contribution is 8.00. The van der Waals surface area contributed by atoms with Gasteiger partial charge in [-0.25, -0.2) is 4.98 Å². The highest BCUT2D eigenvalue weighted by Gasteiger charge is 2.25. The zero-order chi connectivity index (χ0) is 19.1. The van der Waals surface area contributed by atoms with Gasteiger partial charge in [-0.1, -0.05) is 67.2 Å². The predicted molar refractivity (Wildman–Crippen MR) is 114 cm³/mol. The van der Waals surface area contributed by atoms with E-state index in [2.05, 4.69) is 17.1 Å². The van der Waals surface area contributed by atoms with Crippen LogP contribution in [0.5, 0.6) is 0 Å². The number of thioether (sulfide) groups is 1. The summed E-state index contributed by atoms with van der Waals surface area (Å²) in [6.07, 6.45) is 0.684. The Labute approximate surface area is 166 Å². The highest BCUT2D eigenvalue weighted by atomic mass is 32.2. The third-order valence-electron chi connectivity index (χ3n) is 4.96. The molecule has 1 unspecified atom stereocenters. The first-order valence-electron chi connectivity index (χ1n) is 9.31. The quantitative estimate of drug-likeness (QED) is 0.348. The number of hydrogen-bond donors (Lipinski definition) is 0. The van der Waals surface area contributed by atoms with Crippen molar-refractivity contribution < 1.29 is 9.21 Å². The number of carbonyl (C=O) groups excluding carboxylic acids is 1. The van der Waals surface area contributed by atoms with Crippen LogP contribution in [0, 0.1) is 0 Å². The molecule has 5 aromatic rings. The lowest BCUT2D eigenvalue weighted by Gasteiger charge is -2.14. The molecular formula is C23H18N2O2S. The Morgan fingerprint density at radius 3 is 2.21 bits per heavy atom. The number of para-hydroxylation sites is 4. The molecule has 2 heterocycles. The van der Waals surface area contributed by atoms with Crippen molar-refractivity contribution in [2.45, 2.75) is 23.8 Å². The second-order valence-electron chi connectivity index (χ2n) is 6.67. The molecule has 0 saturated heterocycles. The van der Waals surface area contributed by atoms with E-state index in [0.717, 1.165) is 32.9 Å². The molecule has 4 nitrogen and oxygen atoms in total. The van der Waals surface area contributed by atoms with Gasteiger partial charge in [0.15, 0.2) is 5.58 Å². The molecule has 2 aromatic heterocycles. The monoisotopic (exact) mass is 386 g/mol. The summed E-state index contributed by atoms with van der Waals surface area (Å²) in [5.74, 6) is 0.0483. The molecule has 138 valence electrons. The Balaban J connectivity index is 1.58. The van der Waals surface area contributed by atoms with Crippen LogP contribution in [0.3, 0.4) is 0 Å². The van der Waals surface area contributed by atoms with Crippen molar-refractivity contribution in [3.05, 3.63) is 72.8 Å². The van der Waals surface area contributed by atoms with Crippen LogP contribution in [0.25, 0.3) is 32.9 Å². The maximum Gasteiger partial charge on any atom is 0.257 e. The van der Waals surface area contributed by atoms with E-state index < -0.39 is 0 Å². The van der Waals surface area contributed by atoms with Crippen molar-refractivity contribution in [2.24, 2.45) is 0 Å². The topological polar surface area (TPSA) is 48.0 Å². The minimum absolute atomic E-state index is 0.0483. The Bertz CT molecular complexity index is 1230. The maximum atomic E-state index is 13.6. The zero-order valence-electron chi connectivity index (χ0n) is 15.3. The van der Waals surface area contributed by atoms with Gasteiger partial charge in [0.1, 0.15) is 5.52 Å². The standard InChI is InChI=1S/C23H18N2O2S/c1-2-21(28-23-24-17-11-5-8-14-20(17)27-23)22(26)25-18-12-6-3-9-15(18)16-10-4-7-13-19(16)25/h3-14,21H,2H2,1H3. The minimum atomic E-state index is -0.285. The van der Waals surface area contributed by atoms with Crippen LogP contribution >= 0.6 is 11.8 Å². The van der Waals surface area contributed by atoms with E-state index in [0.29, 0.717) is 11.6 Å². The summed E-state index contributed by atoms with van der Waals surface area (Å²) >= 11 is 1.39. The molecule has 0 aliphatic heterocycles. The third kappa shape index (κ3) is 2.70. The van der Waals surface area contributed by atoms with Gasteiger partial charge < -0.3 is 4.42 Å². The average molecular weight is 386 g/mol. The van der Waals surface area contributed by atoms with E-state index in [4.69, 9.17) is 4.42 Å². The highest BCUT2D eigenvalue weighted by Crippen LogP contribution is 2.33. The summed E-state index contributed by atoms with van der Waals surface area (Å²) in [6.45, 7) is 2.02. The zero-order valence-corrected chi connectivity index (χ0v) is 16.1. The summed E-state index contributed by atoms with van der Waals surface area (Å²) in [5.41, 5.74) is 3.42. The van der Waals surface area contributed by atoms with Crippen molar-refractivity contribution >= 4 is 50.6 Å². The van der Waals surface area contributed by atoms with Gasteiger partial charge in [-0.15, -0.1) is 0 Å². The molecule has 5 rings (SSSR count). The largest absolute Gasteiger partial charge is 0.431 e. The van der Waals surface area contributed by atoms with Gasteiger partial charge in [-0.2, -0.15) is 0 Å². The molecule has 0 aliphatic carbocycles. The number of rotatable bonds is 4. The minimum Gasteiger partial charge on any atom is -0.431 e. The number of oxazole rings is 1. The first-order chi connectivity index (χ1) is 13.8. The fourth-order valence-electron chi connectivity index (χ4n) is 3.64. The van der Waals surface area contributed by atoms with Gasteiger partial charge in [0, 0.05) is 10.8 Å². The van der Waals surface area contributed by atoms with Crippen molar-refractivity contribution in [2.75, 3.05) is 0 Å².